The molecule has 0 aliphatic heterocycles. The minimum absolute atomic E-state index is 0.107. The number of unbranched alkanes of at least 4 members (excludes halogenated alkanes) is 1. The Balaban J connectivity index is 2.13. The van der Waals surface area contributed by atoms with Crippen LogP contribution in [0.1, 0.15) is 32.3 Å². The molecule has 0 amide bonds. The van der Waals surface area contributed by atoms with Crippen molar-refractivity contribution in [1.82, 2.24) is 9.55 Å². The summed E-state index contributed by atoms with van der Waals surface area (Å²) >= 11 is 1.30. The van der Waals surface area contributed by atoms with E-state index in [-0.39, 0.29) is 10.8 Å². The van der Waals surface area contributed by atoms with Crippen LogP contribution in [0.5, 0.6) is 0 Å². The summed E-state index contributed by atoms with van der Waals surface area (Å²) < 4.78 is 1.62. The van der Waals surface area contributed by atoms with Crippen LogP contribution in [0.25, 0.3) is 16.6 Å². The number of nitriles is 1. The minimum Gasteiger partial charge on any atom is -0.268 e. The van der Waals surface area contributed by atoms with Gasteiger partial charge in [0.2, 0.25) is 0 Å². The molecule has 0 aliphatic carbocycles. The molecule has 0 spiro atoms. The molecule has 0 radical (unpaired) electrons. The summed E-state index contributed by atoms with van der Waals surface area (Å²) in [6.07, 6.45) is 3.34. The minimum atomic E-state index is -0.293. The van der Waals surface area contributed by atoms with Crippen molar-refractivity contribution in [3.05, 3.63) is 64.4 Å². The molecule has 4 nitrogen and oxygen atoms in total. The molecule has 132 valence electrons. The Morgan fingerprint density at radius 3 is 2.62 bits per heavy atom. The van der Waals surface area contributed by atoms with E-state index in [4.69, 9.17) is 0 Å². The Bertz CT molecular complexity index is 1000. The fraction of sp³-hybridized carbons (Fsp3) is 0.286. The van der Waals surface area contributed by atoms with Crippen molar-refractivity contribution < 1.29 is 0 Å². The summed E-state index contributed by atoms with van der Waals surface area (Å²) in [7, 11) is 0. The zero-order chi connectivity index (χ0) is 18.5. The van der Waals surface area contributed by atoms with Crippen molar-refractivity contribution in [2.24, 2.45) is 0 Å². The van der Waals surface area contributed by atoms with Gasteiger partial charge in [0, 0.05) is 0 Å². The molecule has 3 rings (SSSR count). The third-order valence-corrected chi connectivity index (χ3v) is 5.17. The summed E-state index contributed by atoms with van der Waals surface area (Å²) in [5.41, 5.74) is 2.59. The Kier molecular flexibility index (Phi) is 5.75. The molecule has 5 heteroatoms. The second-order valence-corrected chi connectivity index (χ2v) is 7.52. The lowest BCUT2D eigenvalue weighted by Crippen LogP contribution is -2.22. The Labute approximate surface area is 157 Å². The van der Waals surface area contributed by atoms with Crippen LogP contribution in [-0.2, 0) is 6.42 Å². The predicted molar refractivity (Wildman–Crippen MR) is 107 cm³/mol. The topological polar surface area (TPSA) is 58.7 Å². The molecule has 1 atom stereocenters. The van der Waals surface area contributed by atoms with Crippen LogP contribution in [0.2, 0.25) is 0 Å². The van der Waals surface area contributed by atoms with Crippen LogP contribution in [0, 0.1) is 11.3 Å². The van der Waals surface area contributed by atoms with Gasteiger partial charge >= 0.3 is 0 Å². The molecule has 3 aromatic rings. The van der Waals surface area contributed by atoms with Gasteiger partial charge < -0.3 is 0 Å². The molecule has 0 bridgehead atoms. The highest BCUT2D eigenvalue weighted by Gasteiger charge is 2.15. The highest BCUT2D eigenvalue weighted by Crippen LogP contribution is 2.25. The molecule has 0 saturated heterocycles. The molecule has 1 aromatic heterocycles. The summed E-state index contributed by atoms with van der Waals surface area (Å²) in [6, 6.07) is 17.6. The van der Waals surface area contributed by atoms with E-state index in [2.05, 4.69) is 30.1 Å². The van der Waals surface area contributed by atoms with Crippen molar-refractivity contribution in [1.29, 1.82) is 5.26 Å². The zero-order valence-electron chi connectivity index (χ0n) is 15.0. The van der Waals surface area contributed by atoms with Crippen molar-refractivity contribution in [2.45, 2.75) is 43.5 Å². The number of para-hydroxylation sites is 1. The monoisotopic (exact) mass is 363 g/mol. The van der Waals surface area contributed by atoms with Gasteiger partial charge in [0.05, 0.1) is 27.9 Å². The van der Waals surface area contributed by atoms with Crippen LogP contribution < -0.4 is 5.56 Å². The zero-order valence-corrected chi connectivity index (χ0v) is 15.8. The smallest absolute Gasteiger partial charge is 0.266 e. The molecular weight excluding hydrogens is 342 g/mol. The number of benzene rings is 2. The highest BCUT2D eigenvalue weighted by atomic mass is 32.2. The lowest BCUT2D eigenvalue weighted by molar-refractivity contribution is 0.791. The summed E-state index contributed by atoms with van der Waals surface area (Å²) in [6.45, 7) is 3.98. The molecule has 0 unspecified atom stereocenters. The lowest BCUT2D eigenvalue weighted by atomic mass is 10.1. The Hall–Kier alpha value is -2.58. The lowest BCUT2D eigenvalue weighted by Gasteiger charge is -2.14. The van der Waals surface area contributed by atoms with Gasteiger partial charge in [0.25, 0.3) is 5.56 Å². The molecule has 26 heavy (non-hydrogen) atoms. The first kappa shape index (κ1) is 18.2. The highest BCUT2D eigenvalue weighted by molar-refractivity contribution is 8.00. The van der Waals surface area contributed by atoms with E-state index in [1.54, 1.807) is 10.6 Å². The van der Waals surface area contributed by atoms with E-state index in [1.807, 2.05) is 37.3 Å². The average molecular weight is 363 g/mol. The standard InChI is InChI=1S/C21H21N3OS/c1-3-4-7-16-10-12-17(13-11-16)24-20(25)18-8-5-6-9-19(18)23-21(24)26-15(2)14-22/h5-6,8-13,15H,3-4,7H2,1-2H3/t15-/m1/s1. The number of rotatable bonds is 6. The number of thioether (sulfide) groups is 1. The van der Waals surface area contributed by atoms with Gasteiger partial charge in [-0.15, -0.1) is 0 Å². The maximum Gasteiger partial charge on any atom is 0.266 e. The maximum atomic E-state index is 13.1. The number of aryl methyl sites for hydroxylation is 1. The molecule has 2 aromatic carbocycles. The summed E-state index contributed by atoms with van der Waals surface area (Å²) in [5, 5.41) is 10.0. The quantitative estimate of drug-likeness (QED) is 0.469. The Morgan fingerprint density at radius 1 is 1.19 bits per heavy atom. The predicted octanol–water partition coefficient (Wildman–Crippen LogP) is 4.73. The third kappa shape index (κ3) is 3.81. The number of hydrogen-bond acceptors (Lipinski definition) is 4. The molecule has 0 saturated carbocycles. The van der Waals surface area contributed by atoms with Gasteiger partial charge in [-0.05, 0) is 49.6 Å². The number of nitrogens with zero attached hydrogens (tertiary/aromatic N) is 3. The molecule has 1 heterocycles. The SMILES string of the molecule is CCCCc1ccc(-n2c(S[C@H](C)C#N)nc3ccccc3c2=O)cc1. The first-order valence-electron chi connectivity index (χ1n) is 8.81. The molecular formula is C21H21N3OS. The number of aromatic nitrogens is 2. The van der Waals surface area contributed by atoms with Crippen LogP contribution in [0.3, 0.4) is 0 Å². The van der Waals surface area contributed by atoms with Gasteiger partial charge in [0.1, 0.15) is 0 Å². The van der Waals surface area contributed by atoms with E-state index < -0.39 is 0 Å². The largest absolute Gasteiger partial charge is 0.268 e. The van der Waals surface area contributed by atoms with Crippen LogP contribution in [0.4, 0.5) is 0 Å². The van der Waals surface area contributed by atoms with E-state index in [9.17, 15) is 10.1 Å². The number of hydrogen-bond donors (Lipinski definition) is 0. The van der Waals surface area contributed by atoms with Crippen molar-refractivity contribution >= 4 is 22.7 Å². The van der Waals surface area contributed by atoms with Crippen molar-refractivity contribution in [3.8, 4) is 11.8 Å². The van der Waals surface area contributed by atoms with Gasteiger partial charge in [-0.2, -0.15) is 5.26 Å². The molecule has 0 fully saturated rings. The van der Waals surface area contributed by atoms with Gasteiger partial charge in [0.15, 0.2) is 5.16 Å². The molecule has 0 N–H and O–H groups in total. The fourth-order valence-electron chi connectivity index (χ4n) is 2.80. The first-order valence-corrected chi connectivity index (χ1v) is 9.69. The van der Waals surface area contributed by atoms with Crippen LogP contribution in [0.15, 0.2) is 58.5 Å². The van der Waals surface area contributed by atoms with Crippen LogP contribution in [-0.4, -0.2) is 14.8 Å². The van der Waals surface area contributed by atoms with Crippen molar-refractivity contribution in [3.63, 3.8) is 0 Å². The normalized spacial score (nSPS) is 12.0. The summed E-state index contributed by atoms with van der Waals surface area (Å²) in [5.74, 6) is 0. The van der Waals surface area contributed by atoms with Gasteiger partial charge in [-0.1, -0.05) is 49.4 Å². The van der Waals surface area contributed by atoms with E-state index in [0.717, 1.165) is 24.9 Å². The van der Waals surface area contributed by atoms with E-state index in [0.29, 0.717) is 16.1 Å². The summed E-state index contributed by atoms with van der Waals surface area (Å²) in [4.78, 5) is 17.8. The molecule has 0 aliphatic rings. The van der Waals surface area contributed by atoms with Gasteiger partial charge in [-0.25, -0.2) is 4.98 Å². The first-order chi connectivity index (χ1) is 12.6. The second-order valence-electron chi connectivity index (χ2n) is 6.21. The maximum absolute atomic E-state index is 13.1. The van der Waals surface area contributed by atoms with Crippen molar-refractivity contribution in [2.75, 3.05) is 0 Å². The van der Waals surface area contributed by atoms with E-state index in [1.165, 1.54) is 17.3 Å². The fourth-order valence-corrected chi connectivity index (χ4v) is 3.61. The third-order valence-electron chi connectivity index (χ3n) is 4.22. The second kappa shape index (κ2) is 8.20. The van der Waals surface area contributed by atoms with E-state index >= 15 is 0 Å². The Morgan fingerprint density at radius 2 is 1.92 bits per heavy atom. The van der Waals surface area contributed by atoms with Gasteiger partial charge in [-0.3, -0.25) is 9.36 Å². The average Bonchev–Trinajstić information content (AvgIpc) is 2.67. The number of fused-ring (bicyclic) bond motifs is 1. The van der Waals surface area contributed by atoms with Crippen LogP contribution >= 0.6 is 11.8 Å².